The molecule has 0 radical (unpaired) electrons. The summed E-state index contributed by atoms with van der Waals surface area (Å²) in [4.78, 5) is 18.5. The summed E-state index contributed by atoms with van der Waals surface area (Å²) in [7, 11) is 0. The molecule has 2 fully saturated rings. The molecule has 3 aliphatic carbocycles. The van der Waals surface area contributed by atoms with Gasteiger partial charge in [0.25, 0.3) is 5.56 Å². The molecule has 25 heavy (non-hydrogen) atoms. The zero-order valence-corrected chi connectivity index (χ0v) is 15.2. The van der Waals surface area contributed by atoms with Crippen LogP contribution < -0.4 is 10.9 Å². The van der Waals surface area contributed by atoms with Crippen molar-refractivity contribution >= 4 is 16.5 Å². The summed E-state index contributed by atoms with van der Waals surface area (Å²) < 4.78 is 1.77. The fraction of sp³-hybridized carbons (Fsp3) is 0.632. The van der Waals surface area contributed by atoms with Crippen molar-refractivity contribution in [3.05, 3.63) is 38.8 Å². The van der Waals surface area contributed by atoms with Gasteiger partial charge in [0, 0.05) is 22.9 Å². The molecule has 1 N–H and O–H groups in total. The Morgan fingerprint density at radius 2 is 1.92 bits per heavy atom. The Kier molecular flexibility index (Phi) is 3.88. The van der Waals surface area contributed by atoms with Gasteiger partial charge >= 0.3 is 0 Å². The summed E-state index contributed by atoms with van der Waals surface area (Å²) in [6.45, 7) is 0. The lowest BCUT2D eigenvalue weighted by molar-refractivity contribution is 0.301. The molecular weight excluding hydrogens is 332 g/mol. The van der Waals surface area contributed by atoms with Crippen LogP contribution in [-0.2, 0) is 12.8 Å². The molecule has 3 aliphatic rings. The van der Waals surface area contributed by atoms with Gasteiger partial charge in [0.05, 0.1) is 17.4 Å². The molecule has 0 atom stereocenters. The van der Waals surface area contributed by atoms with E-state index in [0.29, 0.717) is 12.0 Å². The molecule has 0 spiro atoms. The van der Waals surface area contributed by atoms with Crippen LogP contribution in [0, 0.1) is 0 Å². The lowest BCUT2D eigenvalue weighted by atomic mass is 9.91. The lowest BCUT2D eigenvalue weighted by Crippen LogP contribution is -2.33. The molecule has 2 aromatic heterocycles. The van der Waals surface area contributed by atoms with Crippen LogP contribution in [0.1, 0.15) is 73.2 Å². The smallest absolute Gasteiger partial charge is 0.267 e. The summed E-state index contributed by atoms with van der Waals surface area (Å²) in [6, 6.07) is 4.36. The van der Waals surface area contributed by atoms with Crippen LogP contribution in [0.4, 0.5) is 5.13 Å². The van der Waals surface area contributed by atoms with Gasteiger partial charge in [-0.05, 0) is 63.9 Å². The highest BCUT2D eigenvalue weighted by Gasteiger charge is 2.28. The van der Waals surface area contributed by atoms with E-state index >= 15 is 0 Å². The predicted molar refractivity (Wildman–Crippen MR) is 99.5 cm³/mol. The van der Waals surface area contributed by atoms with Crippen molar-refractivity contribution in [3.8, 4) is 0 Å². The van der Waals surface area contributed by atoms with E-state index < -0.39 is 0 Å². The van der Waals surface area contributed by atoms with Gasteiger partial charge in [-0.3, -0.25) is 4.79 Å². The fourth-order valence-corrected chi connectivity index (χ4v) is 5.32. The molecule has 0 unspecified atom stereocenters. The second-order valence-electron chi connectivity index (χ2n) is 7.71. The zero-order chi connectivity index (χ0) is 16.8. The van der Waals surface area contributed by atoms with E-state index in [2.05, 4.69) is 10.4 Å². The summed E-state index contributed by atoms with van der Waals surface area (Å²) in [6.07, 6.45) is 10.3. The van der Waals surface area contributed by atoms with Gasteiger partial charge in [0.15, 0.2) is 5.13 Å². The zero-order valence-electron chi connectivity index (χ0n) is 14.4. The number of aromatic nitrogens is 3. The van der Waals surface area contributed by atoms with Gasteiger partial charge in [0.2, 0.25) is 0 Å². The Balaban J connectivity index is 1.23. The molecule has 0 bridgehead atoms. The number of nitrogens with one attached hydrogen (secondary N) is 1. The molecule has 132 valence electrons. The van der Waals surface area contributed by atoms with Crippen LogP contribution in [0.15, 0.2) is 16.9 Å². The number of aryl methyl sites for hydroxylation is 2. The maximum absolute atomic E-state index is 12.2. The third kappa shape index (κ3) is 3.12. The summed E-state index contributed by atoms with van der Waals surface area (Å²) >= 11 is 1.84. The first-order chi connectivity index (χ1) is 12.3. The molecule has 5 rings (SSSR count). The van der Waals surface area contributed by atoms with E-state index in [1.165, 1.54) is 36.3 Å². The maximum atomic E-state index is 12.2. The maximum Gasteiger partial charge on any atom is 0.267 e. The molecule has 5 nitrogen and oxygen atoms in total. The number of rotatable bonds is 4. The number of anilines is 1. The van der Waals surface area contributed by atoms with E-state index in [1.54, 1.807) is 10.7 Å². The second-order valence-corrected chi connectivity index (χ2v) is 8.79. The van der Waals surface area contributed by atoms with Gasteiger partial charge in [0.1, 0.15) is 0 Å². The van der Waals surface area contributed by atoms with E-state index in [1.807, 2.05) is 17.4 Å². The van der Waals surface area contributed by atoms with Gasteiger partial charge in [-0.15, -0.1) is 11.3 Å². The monoisotopic (exact) mass is 356 g/mol. The number of hydrogen-bond acceptors (Lipinski definition) is 5. The van der Waals surface area contributed by atoms with Gasteiger partial charge in [-0.2, -0.15) is 5.10 Å². The van der Waals surface area contributed by atoms with Crippen LogP contribution in [0.2, 0.25) is 0 Å². The van der Waals surface area contributed by atoms with E-state index in [-0.39, 0.29) is 11.6 Å². The minimum Gasteiger partial charge on any atom is -0.359 e. The number of fused-ring (bicyclic) bond motifs is 1. The van der Waals surface area contributed by atoms with Gasteiger partial charge in [-0.1, -0.05) is 0 Å². The largest absolute Gasteiger partial charge is 0.359 e. The van der Waals surface area contributed by atoms with Crippen LogP contribution in [0.3, 0.4) is 0 Å². The van der Waals surface area contributed by atoms with E-state index in [9.17, 15) is 4.79 Å². The first-order valence-corrected chi connectivity index (χ1v) is 10.4. The molecule has 6 heteroatoms. The van der Waals surface area contributed by atoms with Crippen molar-refractivity contribution in [2.75, 3.05) is 5.32 Å². The van der Waals surface area contributed by atoms with Crippen molar-refractivity contribution < 1.29 is 0 Å². The van der Waals surface area contributed by atoms with E-state index in [4.69, 9.17) is 4.98 Å². The van der Waals surface area contributed by atoms with Crippen molar-refractivity contribution in [1.29, 1.82) is 0 Å². The molecule has 0 aromatic carbocycles. The average molecular weight is 356 g/mol. The third-order valence-corrected chi connectivity index (χ3v) is 6.90. The van der Waals surface area contributed by atoms with Gasteiger partial charge < -0.3 is 5.32 Å². The average Bonchev–Trinajstić information content (AvgIpc) is 3.26. The Morgan fingerprint density at radius 1 is 1.08 bits per heavy atom. The van der Waals surface area contributed by atoms with Crippen molar-refractivity contribution in [1.82, 2.24) is 14.8 Å². The van der Waals surface area contributed by atoms with Crippen LogP contribution >= 0.6 is 11.3 Å². The molecule has 2 aromatic rings. The highest BCUT2D eigenvalue weighted by Crippen LogP contribution is 2.39. The normalized spacial score (nSPS) is 25.8. The molecule has 0 amide bonds. The Morgan fingerprint density at radius 3 is 2.68 bits per heavy atom. The Bertz CT molecular complexity index is 809. The van der Waals surface area contributed by atoms with Crippen LogP contribution in [0.25, 0.3) is 0 Å². The molecule has 0 aliphatic heterocycles. The lowest BCUT2D eigenvalue weighted by Gasteiger charge is -2.29. The second kappa shape index (κ2) is 6.24. The third-order valence-electron chi connectivity index (χ3n) is 5.81. The SMILES string of the molecule is O=c1ccc(C2CC2)nn1C1CCC(Nc2nc3c(s2)CCC3)CC1. The summed E-state index contributed by atoms with van der Waals surface area (Å²) in [5, 5.41) is 9.41. The Hall–Kier alpha value is -1.69. The topological polar surface area (TPSA) is 59.8 Å². The highest BCUT2D eigenvalue weighted by molar-refractivity contribution is 7.15. The van der Waals surface area contributed by atoms with Crippen molar-refractivity contribution in [2.45, 2.75) is 75.8 Å². The van der Waals surface area contributed by atoms with Crippen LogP contribution in [-0.4, -0.2) is 20.8 Å². The highest BCUT2D eigenvalue weighted by atomic mass is 32.1. The minimum atomic E-state index is 0.0529. The van der Waals surface area contributed by atoms with Crippen molar-refractivity contribution in [2.24, 2.45) is 0 Å². The van der Waals surface area contributed by atoms with Gasteiger partial charge in [-0.25, -0.2) is 9.67 Å². The van der Waals surface area contributed by atoms with Crippen LogP contribution in [0.5, 0.6) is 0 Å². The first kappa shape index (κ1) is 15.6. The quantitative estimate of drug-likeness (QED) is 0.908. The summed E-state index contributed by atoms with van der Waals surface area (Å²) in [5.41, 5.74) is 2.48. The molecule has 2 saturated carbocycles. The Labute approximate surface area is 151 Å². The number of hydrogen-bond donors (Lipinski definition) is 1. The standard InChI is InChI=1S/C19H24N4OS/c24-18-11-10-15(12-4-5-12)22-23(18)14-8-6-13(7-9-14)20-19-21-16-2-1-3-17(16)25-19/h10-14H,1-9H2,(H,20,21). The predicted octanol–water partition coefficient (Wildman–Crippen LogP) is 3.66. The summed E-state index contributed by atoms with van der Waals surface area (Å²) in [5.74, 6) is 0.594. The van der Waals surface area contributed by atoms with Crippen molar-refractivity contribution in [3.63, 3.8) is 0 Å². The molecular formula is C19H24N4OS. The number of nitrogens with zero attached hydrogens (tertiary/aromatic N) is 3. The molecule has 2 heterocycles. The minimum absolute atomic E-state index is 0.0529. The first-order valence-electron chi connectivity index (χ1n) is 9.61. The van der Waals surface area contributed by atoms with E-state index in [0.717, 1.165) is 42.9 Å². The fourth-order valence-electron chi connectivity index (χ4n) is 4.19. The number of thiazole rings is 1. The molecule has 0 saturated heterocycles.